The zero-order valence-corrected chi connectivity index (χ0v) is 13.7. The van der Waals surface area contributed by atoms with Gasteiger partial charge in [-0.15, -0.1) is 0 Å². The SMILES string of the molecule is COCCCOCCn1cc(-c2cccc(I)c2)cn1. The predicted molar refractivity (Wildman–Crippen MR) is 87.7 cm³/mol. The summed E-state index contributed by atoms with van der Waals surface area (Å²) in [7, 11) is 1.70. The summed E-state index contributed by atoms with van der Waals surface area (Å²) in [5.74, 6) is 0. The van der Waals surface area contributed by atoms with E-state index >= 15 is 0 Å². The van der Waals surface area contributed by atoms with Crippen molar-refractivity contribution in [2.24, 2.45) is 0 Å². The Bertz CT molecular complexity index is 528. The largest absolute Gasteiger partial charge is 0.385 e. The second-order valence-corrected chi connectivity index (χ2v) is 5.71. The molecule has 108 valence electrons. The maximum atomic E-state index is 5.53. The molecule has 1 aromatic heterocycles. The Hall–Kier alpha value is -0.920. The third-order valence-corrected chi connectivity index (χ3v) is 3.56. The van der Waals surface area contributed by atoms with Crippen molar-refractivity contribution in [1.29, 1.82) is 0 Å². The zero-order chi connectivity index (χ0) is 14.2. The number of hydrogen-bond acceptors (Lipinski definition) is 3. The van der Waals surface area contributed by atoms with Crippen LogP contribution in [0.5, 0.6) is 0 Å². The molecule has 0 aliphatic rings. The van der Waals surface area contributed by atoms with E-state index in [9.17, 15) is 0 Å². The number of rotatable bonds is 8. The first-order valence-electron chi connectivity index (χ1n) is 6.64. The highest BCUT2D eigenvalue weighted by Gasteiger charge is 2.02. The maximum Gasteiger partial charge on any atom is 0.0662 e. The van der Waals surface area contributed by atoms with Crippen LogP contribution in [-0.2, 0) is 16.0 Å². The third-order valence-electron chi connectivity index (χ3n) is 2.89. The minimum Gasteiger partial charge on any atom is -0.385 e. The first-order chi connectivity index (χ1) is 9.79. The fourth-order valence-electron chi connectivity index (χ4n) is 1.87. The lowest BCUT2D eigenvalue weighted by molar-refractivity contribution is 0.0961. The van der Waals surface area contributed by atoms with E-state index in [0.29, 0.717) is 6.61 Å². The Morgan fingerprint density at radius 2 is 2.10 bits per heavy atom. The van der Waals surface area contributed by atoms with Gasteiger partial charge < -0.3 is 9.47 Å². The van der Waals surface area contributed by atoms with Gasteiger partial charge in [-0.2, -0.15) is 5.10 Å². The van der Waals surface area contributed by atoms with E-state index in [4.69, 9.17) is 9.47 Å². The molecule has 2 rings (SSSR count). The summed E-state index contributed by atoms with van der Waals surface area (Å²) < 4.78 is 13.7. The second kappa shape index (κ2) is 8.39. The van der Waals surface area contributed by atoms with Crippen LogP contribution in [-0.4, -0.2) is 36.7 Å². The maximum absolute atomic E-state index is 5.53. The van der Waals surface area contributed by atoms with E-state index in [0.717, 1.165) is 31.7 Å². The standard InChI is InChI=1S/C15H19IN2O2/c1-19-7-3-8-20-9-6-18-12-14(11-17-18)13-4-2-5-15(16)10-13/h2,4-5,10-12H,3,6-9H2,1H3. The molecule has 0 spiro atoms. The van der Waals surface area contributed by atoms with Gasteiger partial charge in [-0.3, -0.25) is 4.68 Å². The lowest BCUT2D eigenvalue weighted by Crippen LogP contribution is -2.08. The molecule has 0 aliphatic carbocycles. The second-order valence-electron chi connectivity index (χ2n) is 4.46. The van der Waals surface area contributed by atoms with E-state index in [1.54, 1.807) is 7.11 Å². The molecule has 1 heterocycles. The smallest absolute Gasteiger partial charge is 0.0662 e. The summed E-state index contributed by atoms with van der Waals surface area (Å²) in [6.45, 7) is 2.94. The molecule has 0 atom stereocenters. The fraction of sp³-hybridized carbons (Fsp3) is 0.400. The normalized spacial score (nSPS) is 10.9. The van der Waals surface area contributed by atoms with Gasteiger partial charge in [-0.05, 0) is 46.7 Å². The molecule has 0 N–H and O–H groups in total. The van der Waals surface area contributed by atoms with E-state index in [1.165, 1.54) is 9.13 Å². The van der Waals surface area contributed by atoms with E-state index in [1.807, 2.05) is 10.9 Å². The molecule has 0 saturated heterocycles. The van der Waals surface area contributed by atoms with Crippen LogP contribution in [0.15, 0.2) is 36.7 Å². The van der Waals surface area contributed by atoms with Crippen LogP contribution in [0.2, 0.25) is 0 Å². The highest BCUT2D eigenvalue weighted by atomic mass is 127. The van der Waals surface area contributed by atoms with Gasteiger partial charge in [0.15, 0.2) is 0 Å². The minimum absolute atomic E-state index is 0.678. The van der Waals surface area contributed by atoms with Crippen molar-refractivity contribution in [2.75, 3.05) is 26.9 Å². The molecule has 2 aromatic rings. The van der Waals surface area contributed by atoms with Crippen molar-refractivity contribution in [1.82, 2.24) is 9.78 Å². The Balaban J connectivity index is 1.80. The van der Waals surface area contributed by atoms with Gasteiger partial charge in [0, 0.05) is 35.7 Å². The van der Waals surface area contributed by atoms with Crippen molar-refractivity contribution in [3.8, 4) is 11.1 Å². The Kier molecular flexibility index (Phi) is 6.49. The monoisotopic (exact) mass is 386 g/mol. The molecular weight excluding hydrogens is 367 g/mol. The molecule has 0 bridgehead atoms. The first-order valence-corrected chi connectivity index (χ1v) is 7.72. The van der Waals surface area contributed by atoms with Crippen molar-refractivity contribution in [2.45, 2.75) is 13.0 Å². The van der Waals surface area contributed by atoms with Crippen molar-refractivity contribution in [3.05, 3.63) is 40.2 Å². The molecular formula is C15H19IN2O2. The number of halogens is 1. The molecule has 0 unspecified atom stereocenters. The molecule has 4 nitrogen and oxygen atoms in total. The van der Waals surface area contributed by atoms with Crippen LogP contribution in [0.1, 0.15) is 6.42 Å². The number of nitrogens with zero attached hydrogens (tertiary/aromatic N) is 2. The summed E-state index contributed by atoms with van der Waals surface area (Å²) >= 11 is 2.32. The van der Waals surface area contributed by atoms with Crippen molar-refractivity contribution < 1.29 is 9.47 Å². The minimum atomic E-state index is 0.678. The van der Waals surface area contributed by atoms with Crippen LogP contribution in [0.25, 0.3) is 11.1 Å². The molecule has 5 heteroatoms. The number of benzene rings is 1. The average molecular weight is 386 g/mol. The first kappa shape index (κ1) is 15.5. The molecule has 0 radical (unpaired) electrons. The lowest BCUT2D eigenvalue weighted by Gasteiger charge is -2.04. The van der Waals surface area contributed by atoms with Crippen molar-refractivity contribution in [3.63, 3.8) is 0 Å². The number of aromatic nitrogens is 2. The van der Waals surface area contributed by atoms with Gasteiger partial charge in [0.25, 0.3) is 0 Å². The van der Waals surface area contributed by atoms with Crippen LogP contribution < -0.4 is 0 Å². The Morgan fingerprint density at radius 1 is 1.20 bits per heavy atom. The Labute approximate surface area is 133 Å². The van der Waals surface area contributed by atoms with Gasteiger partial charge in [-0.1, -0.05) is 12.1 Å². The van der Waals surface area contributed by atoms with Crippen LogP contribution >= 0.6 is 22.6 Å². The van der Waals surface area contributed by atoms with Gasteiger partial charge in [0.1, 0.15) is 0 Å². The summed E-state index contributed by atoms with van der Waals surface area (Å²) in [5, 5.41) is 4.37. The summed E-state index contributed by atoms with van der Waals surface area (Å²) in [6, 6.07) is 8.41. The number of ether oxygens (including phenoxy) is 2. The predicted octanol–water partition coefficient (Wildman–Crippen LogP) is 3.21. The molecule has 0 amide bonds. The van der Waals surface area contributed by atoms with E-state index in [-0.39, 0.29) is 0 Å². The van der Waals surface area contributed by atoms with E-state index in [2.05, 4.69) is 58.2 Å². The van der Waals surface area contributed by atoms with Gasteiger partial charge in [-0.25, -0.2) is 0 Å². The molecule has 20 heavy (non-hydrogen) atoms. The summed E-state index contributed by atoms with van der Waals surface area (Å²) in [4.78, 5) is 0. The van der Waals surface area contributed by atoms with E-state index < -0.39 is 0 Å². The fourth-order valence-corrected chi connectivity index (χ4v) is 2.41. The Morgan fingerprint density at radius 3 is 2.90 bits per heavy atom. The lowest BCUT2D eigenvalue weighted by atomic mass is 10.1. The zero-order valence-electron chi connectivity index (χ0n) is 11.6. The highest BCUT2D eigenvalue weighted by Crippen LogP contribution is 2.20. The van der Waals surface area contributed by atoms with Gasteiger partial charge >= 0.3 is 0 Å². The molecule has 1 aromatic carbocycles. The van der Waals surface area contributed by atoms with Gasteiger partial charge in [0.05, 0.1) is 19.3 Å². The van der Waals surface area contributed by atoms with Crippen LogP contribution in [0.3, 0.4) is 0 Å². The third kappa shape index (κ3) is 4.88. The summed E-state index contributed by atoms with van der Waals surface area (Å²) in [6.07, 6.45) is 4.89. The van der Waals surface area contributed by atoms with Crippen LogP contribution in [0.4, 0.5) is 0 Å². The summed E-state index contributed by atoms with van der Waals surface area (Å²) in [5.41, 5.74) is 2.34. The van der Waals surface area contributed by atoms with Gasteiger partial charge in [0.2, 0.25) is 0 Å². The molecule has 0 fully saturated rings. The number of hydrogen-bond donors (Lipinski definition) is 0. The average Bonchev–Trinajstić information content (AvgIpc) is 2.91. The molecule has 0 aliphatic heterocycles. The quantitative estimate of drug-likeness (QED) is 0.517. The highest BCUT2D eigenvalue weighted by molar-refractivity contribution is 14.1. The topological polar surface area (TPSA) is 36.3 Å². The van der Waals surface area contributed by atoms with Crippen LogP contribution in [0, 0.1) is 3.57 Å². The molecule has 0 saturated carbocycles. The number of methoxy groups -OCH3 is 1. The van der Waals surface area contributed by atoms with Crippen molar-refractivity contribution >= 4 is 22.6 Å².